The number of carbonyl (C=O) groups excluding carboxylic acids is 1. The summed E-state index contributed by atoms with van der Waals surface area (Å²) in [6.45, 7) is 0. The fraction of sp³-hybridized carbons (Fsp3) is 0.120. The van der Waals surface area contributed by atoms with Gasteiger partial charge in [-0.05, 0) is 54.6 Å². The molecule has 1 aliphatic rings. The van der Waals surface area contributed by atoms with E-state index in [1.807, 2.05) is 72.8 Å². The monoisotopic (exact) mass is 464 g/mol. The van der Waals surface area contributed by atoms with E-state index in [0.717, 1.165) is 16.1 Å². The molecule has 4 rings (SSSR count). The number of nitrogens with zero attached hydrogens (tertiary/aromatic N) is 2. The summed E-state index contributed by atoms with van der Waals surface area (Å²) >= 11 is 7.59. The summed E-state index contributed by atoms with van der Waals surface area (Å²) in [5, 5.41) is 6.79. The Bertz CT molecular complexity index is 1180. The van der Waals surface area contributed by atoms with Gasteiger partial charge in [0, 0.05) is 27.3 Å². The first-order valence-corrected chi connectivity index (χ1v) is 11.2. The number of thioether (sulfide) groups is 1. The zero-order valence-corrected chi connectivity index (χ0v) is 19.2. The molecule has 3 aromatic rings. The van der Waals surface area contributed by atoms with Crippen LogP contribution in [0.2, 0.25) is 5.02 Å². The van der Waals surface area contributed by atoms with Crippen LogP contribution >= 0.6 is 23.4 Å². The van der Waals surface area contributed by atoms with Crippen LogP contribution in [0.15, 0.2) is 88.4 Å². The van der Waals surface area contributed by atoms with Crippen LogP contribution in [-0.2, 0) is 4.79 Å². The minimum Gasteiger partial charge on any atom is -0.497 e. The summed E-state index contributed by atoms with van der Waals surface area (Å²) in [6, 6.07) is 22.5. The van der Waals surface area contributed by atoms with Crippen LogP contribution < -0.4 is 14.5 Å². The van der Waals surface area contributed by atoms with Gasteiger partial charge in [-0.3, -0.25) is 4.79 Å². The molecule has 0 N–H and O–H groups in total. The molecule has 0 aromatic heterocycles. The Morgan fingerprint density at radius 3 is 2.44 bits per heavy atom. The highest BCUT2D eigenvalue weighted by Crippen LogP contribution is 2.32. The maximum atomic E-state index is 13.4. The van der Waals surface area contributed by atoms with Crippen LogP contribution in [0, 0.1) is 0 Å². The van der Waals surface area contributed by atoms with Crippen LogP contribution in [-0.4, -0.2) is 31.6 Å². The topological polar surface area (TPSA) is 51.1 Å². The first-order valence-electron chi connectivity index (χ1n) is 9.88. The molecule has 0 aliphatic carbocycles. The largest absolute Gasteiger partial charge is 0.497 e. The minimum absolute atomic E-state index is 0.180. The number of methoxy groups -OCH3 is 2. The summed E-state index contributed by atoms with van der Waals surface area (Å²) in [5.41, 5.74) is 2.71. The van der Waals surface area contributed by atoms with Gasteiger partial charge in [-0.2, -0.15) is 10.1 Å². The molecule has 0 spiro atoms. The average molecular weight is 465 g/mol. The van der Waals surface area contributed by atoms with E-state index in [4.69, 9.17) is 21.1 Å². The van der Waals surface area contributed by atoms with E-state index in [-0.39, 0.29) is 5.91 Å². The molecule has 0 radical (unpaired) electrons. The molecule has 7 heteroatoms. The fourth-order valence-electron chi connectivity index (χ4n) is 3.23. The minimum atomic E-state index is -0.180. The number of anilines is 1. The van der Waals surface area contributed by atoms with Gasteiger partial charge in [-0.25, -0.2) is 0 Å². The predicted molar refractivity (Wildman–Crippen MR) is 131 cm³/mol. The highest BCUT2D eigenvalue weighted by atomic mass is 35.5. The lowest BCUT2D eigenvalue weighted by Crippen LogP contribution is -2.21. The predicted octanol–water partition coefficient (Wildman–Crippen LogP) is 5.94. The molecule has 0 atom stereocenters. The zero-order chi connectivity index (χ0) is 22.5. The Kier molecular flexibility index (Phi) is 6.83. The molecular weight excluding hydrogens is 444 g/mol. The number of ether oxygens (including phenoxy) is 2. The van der Waals surface area contributed by atoms with Gasteiger partial charge in [-0.15, -0.1) is 11.8 Å². The first kappa shape index (κ1) is 22.0. The fourth-order valence-corrected chi connectivity index (χ4v) is 4.20. The van der Waals surface area contributed by atoms with Crippen LogP contribution in [0.3, 0.4) is 0 Å². The third kappa shape index (κ3) is 4.82. The van der Waals surface area contributed by atoms with Crippen molar-refractivity contribution in [3.8, 4) is 11.5 Å². The molecule has 5 nitrogen and oxygen atoms in total. The van der Waals surface area contributed by atoms with Gasteiger partial charge in [-0.1, -0.05) is 29.8 Å². The van der Waals surface area contributed by atoms with E-state index < -0.39 is 0 Å². The number of benzene rings is 3. The molecule has 1 aliphatic heterocycles. The standard InChI is InChI=1S/C25H21ClN2O3S/c1-30-20-11-8-17(24(15-20)31-2)14-22-23(16-32-21-12-9-18(26)10-13-21)27-28(25(22)29)19-6-4-3-5-7-19/h3-15H,16H2,1-2H3/b22-14+. The van der Waals surface area contributed by atoms with Crippen molar-refractivity contribution >= 4 is 46.7 Å². The lowest BCUT2D eigenvalue weighted by atomic mass is 10.1. The number of amides is 1. The lowest BCUT2D eigenvalue weighted by molar-refractivity contribution is -0.114. The Morgan fingerprint density at radius 1 is 1.00 bits per heavy atom. The van der Waals surface area contributed by atoms with Crippen molar-refractivity contribution in [2.75, 3.05) is 25.0 Å². The maximum Gasteiger partial charge on any atom is 0.280 e. The normalized spacial score (nSPS) is 14.6. The highest BCUT2D eigenvalue weighted by Gasteiger charge is 2.31. The molecular formula is C25H21ClN2O3S. The van der Waals surface area contributed by atoms with Gasteiger partial charge in [0.1, 0.15) is 11.5 Å². The van der Waals surface area contributed by atoms with Crippen molar-refractivity contribution in [1.29, 1.82) is 0 Å². The number of hydrogen-bond acceptors (Lipinski definition) is 5. The van der Waals surface area contributed by atoms with Crippen LogP contribution in [0.4, 0.5) is 5.69 Å². The van der Waals surface area contributed by atoms with Crippen LogP contribution in [0.25, 0.3) is 6.08 Å². The Labute approximate surface area is 196 Å². The van der Waals surface area contributed by atoms with E-state index in [1.54, 1.807) is 32.0 Å². The Morgan fingerprint density at radius 2 is 1.75 bits per heavy atom. The smallest absolute Gasteiger partial charge is 0.280 e. The number of para-hydroxylation sites is 1. The second kappa shape index (κ2) is 9.94. The highest BCUT2D eigenvalue weighted by molar-refractivity contribution is 8.00. The molecule has 0 unspecified atom stereocenters. The molecule has 0 bridgehead atoms. The van der Waals surface area contributed by atoms with Crippen LogP contribution in [0.1, 0.15) is 5.56 Å². The molecule has 1 heterocycles. The summed E-state index contributed by atoms with van der Waals surface area (Å²) in [5.74, 6) is 1.65. The van der Waals surface area contributed by atoms with E-state index >= 15 is 0 Å². The number of rotatable bonds is 7. The van der Waals surface area contributed by atoms with Gasteiger partial charge in [0.15, 0.2) is 0 Å². The second-order valence-electron chi connectivity index (χ2n) is 6.91. The maximum absolute atomic E-state index is 13.4. The van der Waals surface area contributed by atoms with E-state index in [1.165, 1.54) is 5.01 Å². The van der Waals surface area contributed by atoms with Crippen LogP contribution in [0.5, 0.6) is 11.5 Å². The van der Waals surface area contributed by atoms with E-state index in [2.05, 4.69) is 5.10 Å². The first-order chi connectivity index (χ1) is 15.6. The van der Waals surface area contributed by atoms with Crippen molar-refractivity contribution in [1.82, 2.24) is 0 Å². The van der Waals surface area contributed by atoms with Gasteiger partial charge < -0.3 is 9.47 Å². The molecule has 162 valence electrons. The molecule has 0 saturated carbocycles. The Balaban J connectivity index is 1.69. The molecule has 0 fully saturated rings. The molecule has 32 heavy (non-hydrogen) atoms. The van der Waals surface area contributed by atoms with Gasteiger partial charge in [0.05, 0.1) is 31.2 Å². The van der Waals surface area contributed by atoms with Gasteiger partial charge in [0.25, 0.3) is 5.91 Å². The number of hydrazone groups is 1. The SMILES string of the molecule is COc1ccc(/C=C2/C(=O)N(c3ccccc3)N=C2CSc2ccc(Cl)cc2)c(OC)c1. The van der Waals surface area contributed by atoms with Crippen molar-refractivity contribution in [3.05, 3.63) is 89.0 Å². The number of halogens is 1. The van der Waals surface area contributed by atoms with Crippen molar-refractivity contribution in [2.45, 2.75) is 4.90 Å². The van der Waals surface area contributed by atoms with E-state index in [0.29, 0.717) is 33.6 Å². The molecule has 3 aromatic carbocycles. The Hall–Kier alpha value is -3.22. The third-order valence-electron chi connectivity index (χ3n) is 4.88. The number of carbonyl (C=O) groups is 1. The molecule has 1 amide bonds. The second-order valence-corrected chi connectivity index (χ2v) is 8.39. The van der Waals surface area contributed by atoms with E-state index in [9.17, 15) is 4.79 Å². The summed E-state index contributed by atoms with van der Waals surface area (Å²) in [7, 11) is 3.19. The molecule has 0 saturated heterocycles. The average Bonchev–Trinajstić information content (AvgIpc) is 3.14. The quantitative estimate of drug-likeness (QED) is 0.321. The van der Waals surface area contributed by atoms with Crippen molar-refractivity contribution in [2.24, 2.45) is 5.10 Å². The number of hydrogen-bond donors (Lipinski definition) is 0. The summed E-state index contributed by atoms with van der Waals surface area (Å²) in [6.07, 6.45) is 1.82. The van der Waals surface area contributed by atoms with Crippen molar-refractivity contribution < 1.29 is 14.3 Å². The zero-order valence-electron chi connectivity index (χ0n) is 17.6. The van der Waals surface area contributed by atoms with Gasteiger partial charge in [0.2, 0.25) is 0 Å². The summed E-state index contributed by atoms with van der Waals surface area (Å²) < 4.78 is 10.8. The lowest BCUT2D eigenvalue weighted by Gasteiger charge is -2.11. The summed E-state index contributed by atoms with van der Waals surface area (Å²) in [4.78, 5) is 14.4. The third-order valence-corrected chi connectivity index (χ3v) is 6.16. The van der Waals surface area contributed by atoms with Crippen molar-refractivity contribution in [3.63, 3.8) is 0 Å². The van der Waals surface area contributed by atoms with Gasteiger partial charge >= 0.3 is 0 Å².